The molecule has 0 aliphatic carbocycles. The van der Waals surface area contributed by atoms with Crippen LogP contribution in [0, 0.1) is 0 Å². The molecule has 0 aliphatic heterocycles. The maximum Gasteiger partial charge on any atom is 0.416 e. The van der Waals surface area contributed by atoms with E-state index in [1.807, 2.05) is 20.8 Å². The zero-order valence-electron chi connectivity index (χ0n) is 15.4. The monoisotopic (exact) mass is 372 g/mol. The SMILES string of the molecule is CCNC(=NCCC(=O)NC(C)C)NCCc1ccc(C(F)(F)F)cc1. The summed E-state index contributed by atoms with van der Waals surface area (Å²) in [5.74, 6) is 0.529. The molecule has 3 N–H and O–H groups in total. The molecule has 1 aromatic carbocycles. The molecule has 0 saturated heterocycles. The number of alkyl halides is 3. The van der Waals surface area contributed by atoms with Crippen molar-refractivity contribution < 1.29 is 18.0 Å². The first-order valence-corrected chi connectivity index (χ1v) is 8.70. The maximum atomic E-state index is 12.5. The van der Waals surface area contributed by atoms with E-state index in [0.717, 1.165) is 17.7 Å². The lowest BCUT2D eigenvalue weighted by atomic mass is 10.1. The highest BCUT2D eigenvalue weighted by Gasteiger charge is 2.29. The molecule has 0 bridgehead atoms. The van der Waals surface area contributed by atoms with Crippen LogP contribution >= 0.6 is 0 Å². The molecule has 0 spiro atoms. The normalized spacial score (nSPS) is 12.2. The molecule has 0 saturated carbocycles. The Labute approximate surface area is 152 Å². The van der Waals surface area contributed by atoms with Crippen molar-refractivity contribution in [2.75, 3.05) is 19.6 Å². The van der Waals surface area contributed by atoms with Crippen LogP contribution in [0.25, 0.3) is 0 Å². The largest absolute Gasteiger partial charge is 0.416 e. The molecule has 1 aromatic rings. The number of aliphatic imine (C=N–C) groups is 1. The zero-order valence-corrected chi connectivity index (χ0v) is 15.4. The molecule has 146 valence electrons. The molecule has 0 aromatic heterocycles. The number of carbonyl (C=O) groups is 1. The summed E-state index contributed by atoms with van der Waals surface area (Å²) < 4.78 is 37.6. The Morgan fingerprint density at radius 1 is 1.15 bits per heavy atom. The van der Waals surface area contributed by atoms with E-state index in [0.29, 0.717) is 38.4 Å². The molecule has 26 heavy (non-hydrogen) atoms. The van der Waals surface area contributed by atoms with Gasteiger partial charge in [0.2, 0.25) is 5.91 Å². The topological polar surface area (TPSA) is 65.5 Å². The first kappa shape index (κ1) is 21.8. The quantitative estimate of drug-likeness (QED) is 0.486. The van der Waals surface area contributed by atoms with Gasteiger partial charge in [0.05, 0.1) is 12.1 Å². The number of nitrogens with one attached hydrogen (secondary N) is 3. The fourth-order valence-corrected chi connectivity index (χ4v) is 2.19. The average Bonchev–Trinajstić information content (AvgIpc) is 2.54. The van der Waals surface area contributed by atoms with Crippen LogP contribution in [0.15, 0.2) is 29.3 Å². The van der Waals surface area contributed by atoms with Gasteiger partial charge in [-0.2, -0.15) is 13.2 Å². The number of amides is 1. The first-order chi connectivity index (χ1) is 12.2. The van der Waals surface area contributed by atoms with Gasteiger partial charge in [-0.1, -0.05) is 12.1 Å². The van der Waals surface area contributed by atoms with Crippen molar-refractivity contribution in [2.24, 2.45) is 4.99 Å². The minimum absolute atomic E-state index is 0.0515. The second-order valence-corrected chi connectivity index (χ2v) is 6.10. The summed E-state index contributed by atoms with van der Waals surface area (Å²) in [6.45, 7) is 7.27. The maximum absolute atomic E-state index is 12.5. The highest BCUT2D eigenvalue weighted by atomic mass is 19.4. The van der Waals surface area contributed by atoms with Crippen LogP contribution in [0.5, 0.6) is 0 Å². The average molecular weight is 372 g/mol. The lowest BCUT2D eigenvalue weighted by molar-refractivity contribution is -0.137. The Hall–Kier alpha value is -2.25. The van der Waals surface area contributed by atoms with E-state index in [-0.39, 0.29) is 11.9 Å². The van der Waals surface area contributed by atoms with E-state index in [2.05, 4.69) is 20.9 Å². The Kier molecular flexibility index (Phi) is 8.95. The number of benzene rings is 1. The highest BCUT2D eigenvalue weighted by molar-refractivity contribution is 5.80. The van der Waals surface area contributed by atoms with E-state index >= 15 is 0 Å². The Bertz CT molecular complexity index is 583. The summed E-state index contributed by atoms with van der Waals surface area (Å²) in [5, 5.41) is 8.98. The van der Waals surface area contributed by atoms with Crippen molar-refractivity contribution in [2.45, 2.75) is 45.8 Å². The summed E-state index contributed by atoms with van der Waals surface area (Å²) in [6.07, 6.45) is -3.45. The second kappa shape index (κ2) is 10.7. The molecule has 0 aliphatic rings. The molecular weight excluding hydrogens is 345 g/mol. The molecule has 0 unspecified atom stereocenters. The Morgan fingerprint density at radius 3 is 2.35 bits per heavy atom. The number of halogens is 3. The van der Waals surface area contributed by atoms with E-state index in [9.17, 15) is 18.0 Å². The van der Waals surface area contributed by atoms with E-state index in [1.54, 1.807) is 0 Å². The van der Waals surface area contributed by atoms with Crippen LogP contribution in [-0.2, 0) is 17.4 Å². The summed E-state index contributed by atoms with van der Waals surface area (Å²) in [5.41, 5.74) is 0.154. The van der Waals surface area contributed by atoms with Crippen molar-refractivity contribution in [3.05, 3.63) is 35.4 Å². The molecule has 8 heteroatoms. The second-order valence-electron chi connectivity index (χ2n) is 6.10. The molecule has 0 atom stereocenters. The van der Waals surface area contributed by atoms with Crippen LogP contribution in [0.4, 0.5) is 13.2 Å². The fraction of sp³-hybridized carbons (Fsp3) is 0.556. The Balaban J connectivity index is 2.45. The highest BCUT2D eigenvalue weighted by Crippen LogP contribution is 2.29. The van der Waals surface area contributed by atoms with Crippen LogP contribution in [0.3, 0.4) is 0 Å². The minimum atomic E-state index is -4.32. The molecule has 0 radical (unpaired) electrons. The molecule has 1 amide bonds. The standard InChI is InChI=1S/C18H27F3N4O/c1-4-22-17(24-12-10-16(26)25-13(2)3)23-11-9-14-5-7-15(8-6-14)18(19,20)21/h5-8,13H,4,9-12H2,1-3H3,(H,25,26)(H2,22,23,24). The lowest BCUT2D eigenvalue weighted by Crippen LogP contribution is -2.38. The summed E-state index contributed by atoms with van der Waals surface area (Å²) in [4.78, 5) is 15.9. The number of rotatable bonds is 8. The minimum Gasteiger partial charge on any atom is -0.357 e. The van der Waals surface area contributed by atoms with Crippen molar-refractivity contribution in [1.29, 1.82) is 0 Å². The number of hydrogen-bond acceptors (Lipinski definition) is 2. The third kappa shape index (κ3) is 8.73. The molecule has 0 fully saturated rings. The number of carbonyl (C=O) groups excluding carboxylic acids is 1. The van der Waals surface area contributed by atoms with Crippen molar-refractivity contribution >= 4 is 11.9 Å². The van der Waals surface area contributed by atoms with Crippen LogP contribution < -0.4 is 16.0 Å². The van der Waals surface area contributed by atoms with Crippen LogP contribution in [0.1, 0.15) is 38.3 Å². The summed E-state index contributed by atoms with van der Waals surface area (Å²) in [6, 6.07) is 5.22. The number of guanidine groups is 1. The van der Waals surface area contributed by atoms with Gasteiger partial charge in [-0.05, 0) is 44.9 Å². The fourth-order valence-electron chi connectivity index (χ4n) is 2.19. The molecule has 5 nitrogen and oxygen atoms in total. The van der Waals surface area contributed by atoms with Gasteiger partial charge in [0.15, 0.2) is 5.96 Å². The van der Waals surface area contributed by atoms with E-state index in [1.165, 1.54) is 12.1 Å². The van der Waals surface area contributed by atoms with Crippen molar-refractivity contribution in [1.82, 2.24) is 16.0 Å². The Morgan fingerprint density at radius 2 is 1.81 bits per heavy atom. The van der Waals surface area contributed by atoms with Crippen molar-refractivity contribution in [3.8, 4) is 0 Å². The van der Waals surface area contributed by atoms with Gasteiger partial charge >= 0.3 is 6.18 Å². The predicted molar refractivity (Wildman–Crippen MR) is 97.0 cm³/mol. The number of hydrogen-bond donors (Lipinski definition) is 3. The van der Waals surface area contributed by atoms with E-state index < -0.39 is 11.7 Å². The molecular formula is C18H27F3N4O. The summed E-state index contributed by atoms with van der Waals surface area (Å²) in [7, 11) is 0. The van der Waals surface area contributed by atoms with Gasteiger partial charge in [-0.25, -0.2) is 0 Å². The lowest BCUT2D eigenvalue weighted by Gasteiger charge is -2.12. The van der Waals surface area contributed by atoms with Gasteiger partial charge in [-0.15, -0.1) is 0 Å². The van der Waals surface area contributed by atoms with Crippen LogP contribution in [-0.4, -0.2) is 37.5 Å². The van der Waals surface area contributed by atoms with Crippen LogP contribution in [0.2, 0.25) is 0 Å². The van der Waals surface area contributed by atoms with Gasteiger partial charge in [0.1, 0.15) is 0 Å². The molecule has 0 heterocycles. The van der Waals surface area contributed by atoms with Gasteiger partial charge in [-0.3, -0.25) is 9.79 Å². The predicted octanol–water partition coefficient (Wildman–Crippen LogP) is 2.72. The smallest absolute Gasteiger partial charge is 0.357 e. The van der Waals surface area contributed by atoms with Crippen molar-refractivity contribution in [3.63, 3.8) is 0 Å². The third-order valence-electron chi connectivity index (χ3n) is 3.39. The zero-order chi connectivity index (χ0) is 19.6. The van der Waals surface area contributed by atoms with Gasteiger partial charge < -0.3 is 16.0 Å². The number of nitrogens with zero attached hydrogens (tertiary/aromatic N) is 1. The van der Waals surface area contributed by atoms with E-state index in [4.69, 9.17) is 0 Å². The molecule has 1 rings (SSSR count). The summed E-state index contributed by atoms with van der Waals surface area (Å²) >= 11 is 0. The first-order valence-electron chi connectivity index (χ1n) is 8.70. The van der Waals surface area contributed by atoms with Gasteiger partial charge in [0, 0.05) is 25.6 Å². The van der Waals surface area contributed by atoms with Gasteiger partial charge in [0.25, 0.3) is 0 Å². The third-order valence-corrected chi connectivity index (χ3v) is 3.39.